The van der Waals surface area contributed by atoms with E-state index in [1.165, 1.54) is 25.7 Å². The van der Waals surface area contributed by atoms with Crippen molar-refractivity contribution in [3.8, 4) is 0 Å². The molecular formula is C9H16O2. The lowest BCUT2D eigenvalue weighted by Crippen LogP contribution is -1.87. The van der Waals surface area contributed by atoms with Gasteiger partial charge in [0.2, 0.25) is 0 Å². The van der Waals surface area contributed by atoms with Crippen LogP contribution in [0.1, 0.15) is 45.4 Å². The van der Waals surface area contributed by atoms with Crippen LogP contribution in [-0.4, -0.2) is 12.1 Å². The summed E-state index contributed by atoms with van der Waals surface area (Å²) >= 11 is 0. The van der Waals surface area contributed by atoms with E-state index in [2.05, 4.69) is 11.7 Å². The zero-order valence-corrected chi connectivity index (χ0v) is 7.14. The SMILES string of the molecule is CCCCCCCC1OC1=O. The Hall–Kier alpha value is -0.530. The van der Waals surface area contributed by atoms with Crippen molar-refractivity contribution < 1.29 is 9.53 Å². The lowest BCUT2D eigenvalue weighted by molar-refractivity contribution is -0.117. The first kappa shape index (κ1) is 8.57. The molecule has 1 fully saturated rings. The molecule has 0 aromatic rings. The summed E-state index contributed by atoms with van der Waals surface area (Å²) in [6.07, 6.45) is 7.23. The van der Waals surface area contributed by atoms with Crippen molar-refractivity contribution in [2.75, 3.05) is 0 Å². The van der Waals surface area contributed by atoms with Gasteiger partial charge >= 0.3 is 5.97 Å². The number of hydrogen-bond acceptors (Lipinski definition) is 2. The van der Waals surface area contributed by atoms with Gasteiger partial charge in [0.15, 0.2) is 6.10 Å². The monoisotopic (exact) mass is 156 g/mol. The third-order valence-corrected chi connectivity index (χ3v) is 2.03. The van der Waals surface area contributed by atoms with Gasteiger partial charge in [0.1, 0.15) is 0 Å². The molecule has 1 saturated heterocycles. The highest BCUT2D eigenvalue weighted by Gasteiger charge is 2.36. The van der Waals surface area contributed by atoms with Gasteiger partial charge in [-0.15, -0.1) is 0 Å². The van der Waals surface area contributed by atoms with Gasteiger partial charge in [0.25, 0.3) is 0 Å². The van der Waals surface area contributed by atoms with Crippen LogP contribution in [0.3, 0.4) is 0 Å². The highest BCUT2D eigenvalue weighted by molar-refractivity contribution is 5.87. The van der Waals surface area contributed by atoms with Crippen LogP contribution in [0.4, 0.5) is 0 Å². The van der Waals surface area contributed by atoms with E-state index in [0.29, 0.717) is 0 Å². The number of unbranched alkanes of at least 4 members (excludes halogenated alkanes) is 4. The standard InChI is InChI=1S/C9H16O2/c1-2-3-4-5-6-7-8-9(10)11-8/h8H,2-7H2,1H3. The molecule has 1 heterocycles. The summed E-state index contributed by atoms with van der Waals surface area (Å²) in [5.41, 5.74) is 0. The molecule has 0 spiro atoms. The topological polar surface area (TPSA) is 29.6 Å². The molecule has 0 aliphatic carbocycles. The lowest BCUT2D eigenvalue weighted by Gasteiger charge is -1.95. The molecule has 0 saturated carbocycles. The highest BCUT2D eigenvalue weighted by Crippen LogP contribution is 2.19. The van der Waals surface area contributed by atoms with Crippen molar-refractivity contribution in [2.24, 2.45) is 0 Å². The van der Waals surface area contributed by atoms with Crippen molar-refractivity contribution in [1.82, 2.24) is 0 Å². The van der Waals surface area contributed by atoms with Crippen molar-refractivity contribution >= 4 is 5.97 Å². The maximum Gasteiger partial charge on any atom is 0.348 e. The van der Waals surface area contributed by atoms with E-state index >= 15 is 0 Å². The first-order chi connectivity index (χ1) is 5.34. The summed E-state index contributed by atoms with van der Waals surface area (Å²) in [7, 11) is 0. The quantitative estimate of drug-likeness (QED) is 0.436. The second kappa shape index (κ2) is 4.37. The minimum Gasteiger partial charge on any atom is -0.448 e. The van der Waals surface area contributed by atoms with Crippen LogP contribution < -0.4 is 0 Å². The fourth-order valence-corrected chi connectivity index (χ4v) is 1.22. The van der Waals surface area contributed by atoms with Crippen molar-refractivity contribution in [2.45, 2.75) is 51.6 Å². The number of carbonyl (C=O) groups excluding carboxylic acids is 1. The van der Waals surface area contributed by atoms with Crippen LogP contribution in [0.2, 0.25) is 0 Å². The smallest absolute Gasteiger partial charge is 0.348 e. The molecule has 1 aliphatic heterocycles. The zero-order chi connectivity index (χ0) is 8.10. The maximum atomic E-state index is 10.4. The van der Waals surface area contributed by atoms with Crippen molar-refractivity contribution in [1.29, 1.82) is 0 Å². The molecule has 1 unspecified atom stereocenters. The number of cyclic esters (lactones) is 1. The molecule has 1 rings (SSSR count). The van der Waals surface area contributed by atoms with E-state index in [0.717, 1.165) is 12.8 Å². The van der Waals surface area contributed by atoms with Gasteiger partial charge in [0.05, 0.1) is 0 Å². The van der Waals surface area contributed by atoms with Crippen LogP contribution in [0, 0.1) is 0 Å². The summed E-state index contributed by atoms with van der Waals surface area (Å²) in [4.78, 5) is 10.4. The Balaban J connectivity index is 1.78. The highest BCUT2D eigenvalue weighted by atomic mass is 16.6. The minimum atomic E-state index is -0.0170. The van der Waals surface area contributed by atoms with Gasteiger partial charge in [0, 0.05) is 0 Å². The molecule has 2 nitrogen and oxygen atoms in total. The fraction of sp³-hybridized carbons (Fsp3) is 0.889. The molecule has 0 bridgehead atoms. The number of hydrogen-bond donors (Lipinski definition) is 0. The molecule has 64 valence electrons. The second-order valence-corrected chi connectivity index (χ2v) is 3.13. The molecule has 11 heavy (non-hydrogen) atoms. The third-order valence-electron chi connectivity index (χ3n) is 2.03. The van der Waals surface area contributed by atoms with Crippen molar-refractivity contribution in [3.05, 3.63) is 0 Å². The third kappa shape index (κ3) is 3.40. The second-order valence-electron chi connectivity index (χ2n) is 3.13. The van der Waals surface area contributed by atoms with Crippen LogP contribution in [0.5, 0.6) is 0 Å². The summed E-state index contributed by atoms with van der Waals surface area (Å²) in [6, 6.07) is 0. The Morgan fingerprint density at radius 1 is 1.27 bits per heavy atom. The van der Waals surface area contributed by atoms with Gasteiger partial charge in [-0.05, 0) is 12.8 Å². The number of epoxide rings is 1. The normalized spacial score (nSPS) is 21.5. The largest absolute Gasteiger partial charge is 0.448 e. The van der Waals surface area contributed by atoms with E-state index in [4.69, 9.17) is 0 Å². The molecule has 0 aromatic heterocycles. The Labute approximate surface area is 67.9 Å². The summed E-state index contributed by atoms with van der Waals surface area (Å²) < 4.78 is 4.68. The van der Waals surface area contributed by atoms with Gasteiger partial charge in [-0.25, -0.2) is 4.79 Å². The summed E-state index contributed by atoms with van der Waals surface area (Å²) in [5.74, 6) is 0.000455. The van der Waals surface area contributed by atoms with Gasteiger partial charge in [-0.1, -0.05) is 32.6 Å². The molecule has 2 heteroatoms. The maximum absolute atomic E-state index is 10.4. The average Bonchev–Trinajstić information content (AvgIpc) is 2.67. The van der Waals surface area contributed by atoms with Gasteiger partial charge in [-0.2, -0.15) is 0 Å². The lowest BCUT2D eigenvalue weighted by atomic mass is 10.1. The van der Waals surface area contributed by atoms with E-state index in [9.17, 15) is 4.79 Å². The zero-order valence-electron chi connectivity index (χ0n) is 7.14. The predicted octanol–water partition coefficient (Wildman–Crippen LogP) is 2.27. The minimum absolute atomic E-state index is 0.000455. The van der Waals surface area contributed by atoms with Crippen molar-refractivity contribution in [3.63, 3.8) is 0 Å². The number of carbonyl (C=O) groups is 1. The van der Waals surface area contributed by atoms with Crippen LogP contribution in [0.15, 0.2) is 0 Å². The molecule has 0 radical (unpaired) electrons. The van der Waals surface area contributed by atoms with Crippen LogP contribution in [0.25, 0.3) is 0 Å². The van der Waals surface area contributed by atoms with E-state index in [1.54, 1.807) is 0 Å². The molecule has 0 N–H and O–H groups in total. The van der Waals surface area contributed by atoms with E-state index < -0.39 is 0 Å². The first-order valence-electron chi connectivity index (χ1n) is 4.55. The Morgan fingerprint density at radius 3 is 2.45 bits per heavy atom. The Bertz CT molecular complexity index is 132. The van der Waals surface area contributed by atoms with Gasteiger partial charge < -0.3 is 4.74 Å². The van der Waals surface area contributed by atoms with E-state index in [-0.39, 0.29) is 12.1 Å². The predicted molar refractivity (Wildman–Crippen MR) is 43.3 cm³/mol. The average molecular weight is 156 g/mol. The number of rotatable bonds is 6. The fourth-order valence-electron chi connectivity index (χ4n) is 1.22. The summed E-state index contributed by atoms with van der Waals surface area (Å²) in [6.45, 7) is 2.20. The number of ether oxygens (including phenoxy) is 1. The van der Waals surface area contributed by atoms with Crippen LogP contribution >= 0.6 is 0 Å². The Kier molecular flexibility index (Phi) is 3.40. The molecule has 1 atom stereocenters. The molecular weight excluding hydrogens is 140 g/mol. The molecule has 0 amide bonds. The van der Waals surface area contributed by atoms with E-state index in [1.807, 2.05) is 0 Å². The molecule has 0 aromatic carbocycles. The van der Waals surface area contributed by atoms with Gasteiger partial charge in [-0.3, -0.25) is 0 Å². The Morgan fingerprint density at radius 2 is 1.91 bits per heavy atom. The first-order valence-corrected chi connectivity index (χ1v) is 4.55. The van der Waals surface area contributed by atoms with Crippen LogP contribution in [-0.2, 0) is 9.53 Å². The summed E-state index contributed by atoms with van der Waals surface area (Å²) in [5, 5.41) is 0. The molecule has 1 aliphatic rings.